The summed E-state index contributed by atoms with van der Waals surface area (Å²) in [6.07, 6.45) is 15.7. The van der Waals surface area contributed by atoms with E-state index in [1.807, 2.05) is 6.08 Å². The molecule has 17 heavy (non-hydrogen) atoms. The molecule has 0 aliphatic rings. The molecule has 0 spiro atoms. The van der Waals surface area contributed by atoms with Crippen LogP contribution in [0.1, 0.15) is 72.6 Å². The molecule has 0 aromatic heterocycles. The number of unbranched alkanes of at least 4 members (excludes halogenated alkanes) is 9. The molecule has 0 amide bonds. The Morgan fingerprint density at radius 2 is 1.35 bits per heavy atom. The monoisotopic (exact) mass is 250 g/mol. The van der Waals surface area contributed by atoms with Crippen molar-refractivity contribution >= 4 is 0 Å². The van der Waals surface area contributed by atoms with Crippen molar-refractivity contribution in [3.8, 4) is 0 Å². The standard InChI is InChI=1S/C15H30O.Na.H/c1-3-5-6-7-8-9-10-11-12-13-15-16-14-4-2;;/h4H,2-3,5-15H2,1H3;;/q;+1;-1. The summed E-state index contributed by atoms with van der Waals surface area (Å²) in [6.45, 7) is 7.51. The van der Waals surface area contributed by atoms with Gasteiger partial charge in [-0.1, -0.05) is 70.8 Å². The fraction of sp³-hybridized carbons (Fsp3) is 0.867. The molecule has 0 fully saturated rings. The van der Waals surface area contributed by atoms with Gasteiger partial charge >= 0.3 is 29.6 Å². The van der Waals surface area contributed by atoms with Crippen LogP contribution in [0.5, 0.6) is 0 Å². The van der Waals surface area contributed by atoms with Crippen LogP contribution in [0.4, 0.5) is 0 Å². The first kappa shape index (κ1) is 20.0. The molecular weight excluding hydrogens is 219 g/mol. The summed E-state index contributed by atoms with van der Waals surface area (Å²) in [6, 6.07) is 0. The summed E-state index contributed by atoms with van der Waals surface area (Å²) in [5.41, 5.74) is 0. The Kier molecular flexibility index (Phi) is 22.4. The Bertz CT molecular complexity index is 142. The molecule has 0 aliphatic carbocycles. The van der Waals surface area contributed by atoms with Crippen molar-refractivity contribution < 1.29 is 35.7 Å². The van der Waals surface area contributed by atoms with Gasteiger partial charge in [0.2, 0.25) is 0 Å². The molecule has 1 nitrogen and oxygen atoms in total. The average Bonchev–Trinajstić information content (AvgIpc) is 2.31. The van der Waals surface area contributed by atoms with Crippen molar-refractivity contribution in [3.05, 3.63) is 12.7 Å². The largest absolute Gasteiger partial charge is 1.00 e. The zero-order valence-electron chi connectivity index (χ0n) is 13.2. The van der Waals surface area contributed by atoms with Crippen LogP contribution < -0.4 is 29.6 Å². The van der Waals surface area contributed by atoms with Gasteiger partial charge in [0.25, 0.3) is 0 Å². The van der Waals surface area contributed by atoms with Crippen LogP contribution >= 0.6 is 0 Å². The Hall–Kier alpha value is 0.700. The van der Waals surface area contributed by atoms with Gasteiger partial charge in [0, 0.05) is 6.61 Å². The van der Waals surface area contributed by atoms with E-state index in [-0.39, 0.29) is 31.0 Å². The average molecular weight is 250 g/mol. The maximum Gasteiger partial charge on any atom is 1.00 e. The van der Waals surface area contributed by atoms with E-state index in [0.29, 0.717) is 6.61 Å². The smallest absolute Gasteiger partial charge is 1.00 e. The summed E-state index contributed by atoms with van der Waals surface area (Å²) in [5, 5.41) is 0. The second kappa shape index (κ2) is 19.0. The third-order valence-electron chi connectivity index (χ3n) is 2.88. The van der Waals surface area contributed by atoms with E-state index in [1.165, 1.54) is 64.2 Å². The Labute approximate surface area is 132 Å². The fourth-order valence-corrected chi connectivity index (χ4v) is 1.86. The van der Waals surface area contributed by atoms with Crippen LogP contribution in [0.25, 0.3) is 0 Å². The predicted octanol–water partition coefficient (Wildman–Crippen LogP) is 2.23. The molecule has 2 heteroatoms. The van der Waals surface area contributed by atoms with Gasteiger partial charge in [-0.25, -0.2) is 0 Å². The van der Waals surface area contributed by atoms with Gasteiger partial charge in [-0.05, 0) is 6.42 Å². The van der Waals surface area contributed by atoms with Crippen LogP contribution in [0.2, 0.25) is 0 Å². The van der Waals surface area contributed by atoms with Crippen molar-refractivity contribution in [1.29, 1.82) is 0 Å². The topological polar surface area (TPSA) is 9.23 Å². The van der Waals surface area contributed by atoms with Crippen LogP contribution in [-0.2, 0) is 4.74 Å². The molecular formula is C15H31NaO. The van der Waals surface area contributed by atoms with Crippen molar-refractivity contribution in [3.63, 3.8) is 0 Å². The van der Waals surface area contributed by atoms with Gasteiger partial charge in [-0.3, -0.25) is 0 Å². The minimum Gasteiger partial charge on any atom is -1.00 e. The number of rotatable bonds is 13. The van der Waals surface area contributed by atoms with E-state index in [2.05, 4.69) is 13.5 Å². The zero-order valence-corrected chi connectivity index (χ0v) is 14.2. The van der Waals surface area contributed by atoms with E-state index < -0.39 is 0 Å². The predicted molar refractivity (Wildman–Crippen MR) is 74.0 cm³/mol. The molecule has 0 saturated heterocycles. The second-order valence-corrected chi connectivity index (χ2v) is 4.55. The molecule has 0 bridgehead atoms. The Balaban J connectivity index is -0.00000112. The minimum atomic E-state index is 0. The van der Waals surface area contributed by atoms with E-state index in [0.717, 1.165) is 6.61 Å². The molecule has 98 valence electrons. The van der Waals surface area contributed by atoms with Crippen molar-refractivity contribution in [2.45, 2.75) is 71.1 Å². The SMILES string of the molecule is C=CCOCCCCCCCCCCCC.[H-].[Na+]. The number of ether oxygens (including phenoxy) is 1. The maximum absolute atomic E-state index is 5.34. The fourth-order valence-electron chi connectivity index (χ4n) is 1.86. The van der Waals surface area contributed by atoms with Crippen LogP contribution in [0, 0.1) is 0 Å². The molecule has 0 saturated carbocycles. The molecule has 0 unspecified atom stereocenters. The zero-order chi connectivity index (χ0) is 11.9. The first-order chi connectivity index (χ1) is 7.91. The first-order valence-electron chi connectivity index (χ1n) is 7.10. The quantitative estimate of drug-likeness (QED) is 0.277. The Morgan fingerprint density at radius 1 is 0.882 bits per heavy atom. The summed E-state index contributed by atoms with van der Waals surface area (Å²) >= 11 is 0. The van der Waals surface area contributed by atoms with Crippen LogP contribution in [-0.4, -0.2) is 13.2 Å². The Morgan fingerprint density at radius 3 is 1.82 bits per heavy atom. The molecule has 0 rings (SSSR count). The van der Waals surface area contributed by atoms with Gasteiger partial charge in [-0.15, -0.1) is 6.58 Å². The van der Waals surface area contributed by atoms with E-state index in [1.54, 1.807) is 0 Å². The molecule has 0 aromatic rings. The molecule has 0 atom stereocenters. The summed E-state index contributed by atoms with van der Waals surface area (Å²) < 4.78 is 5.34. The second-order valence-electron chi connectivity index (χ2n) is 4.55. The van der Waals surface area contributed by atoms with Gasteiger partial charge in [0.15, 0.2) is 0 Å². The van der Waals surface area contributed by atoms with Crippen LogP contribution in [0.3, 0.4) is 0 Å². The maximum atomic E-state index is 5.34. The molecule has 0 radical (unpaired) electrons. The summed E-state index contributed by atoms with van der Waals surface area (Å²) in [5.74, 6) is 0. The number of hydrogen-bond acceptors (Lipinski definition) is 1. The molecule has 0 aliphatic heterocycles. The third kappa shape index (κ3) is 19.2. The van der Waals surface area contributed by atoms with Gasteiger partial charge in [0.05, 0.1) is 6.61 Å². The third-order valence-corrected chi connectivity index (χ3v) is 2.88. The molecule has 0 N–H and O–H groups in total. The van der Waals surface area contributed by atoms with Crippen LogP contribution in [0.15, 0.2) is 12.7 Å². The van der Waals surface area contributed by atoms with E-state index in [4.69, 9.17) is 4.74 Å². The van der Waals surface area contributed by atoms with Crippen molar-refractivity contribution in [2.24, 2.45) is 0 Å². The van der Waals surface area contributed by atoms with E-state index >= 15 is 0 Å². The summed E-state index contributed by atoms with van der Waals surface area (Å²) in [7, 11) is 0. The minimum absolute atomic E-state index is 0. The molecule has 0 aromatic carbocycles. The number of hydrogen-bond donors (Lipinski definition) is 0. The normalized spacial score (nSPS) is 9.94. The molecule has 0 heterocycles. The first-order valence-corrected chi connectivity index (χ1v) is 7.10. The van der Waals surface area contributed by atoms with Gasteiger partial charge in [0.1, 0.15) is 0 Å². The van der Waals surface area contributed by atoms with Gasteiger partial charge in [-0.2, -0.15) is 0 Å². The van der Waals surface area contributed by atoms with Gasteiger partial charge < -0.3 is 6.16 Å². The summed E-state index contributed by atoms with van der Waals surface area (Å²) in [4.78, 5) is 0. The van der Waals surface area contributed by atoms with E-state index in [9.17, 15) is 0 Å². The van der Waals surface area contributed by atoms with Crippen molar-refractivity contribution in [2.75, 3.05) is 13.2 Å². The van der Waals surface area contributed by atoms with Crippen molar-refractivity contribution in [1.82, 2.24) is 0 Å².